The fraction of sp³-hybridized carbons (Fsp3) is 0.923. The molecule has 0 bridgehead atoms. The minimum atomic E-state index is 0.200. The summed E-state index contributed by atoms with van der Waals surface area (Å²) < 4.78 is 5.39. The lowest BCUT2D eigenvalue weighted by molar-refractivity contribution is -0.135. The van der Waals surface area contributed by atoms with Crippen LogP contribution in [-0.4, -0.2) is 74.2 Å². The third kappa shape index (κ3) is 3.43. The Labute approximate surface area is 109 Å². The van der Waals surface area contributed by atoms with Gasteiger partial charge in [0, 0.05) is 44.7 Å². The summed E-state index contributed by atoms with van der Waals surface area (Å²) in [4.78, 5) is 16.6. The number of nitrogens with zero attached hydrogens (tertiary/aromatic N) is 2. The number of hydrogen-bond donors (Lipinski definition) is 1. The molecule has 2 rings (SSSR count). The number of ether oxygens (including phenoxy) is 1. The molecule has 0 aliphatic carbocycles. The Kier molecular flexibility index (Phi) is 4.97. The molecule has 2 aliphatic rings. The summed E-state index contributed by atoms with van der Waals surface area (Å²) in [6, 6.07) is 0.712. The van der Waals surface area contributed by atoms with Crippen molar-refractivity contribution >= 4 is 5.91 Å². The molecule has 1 N–H and O–H groups in total. The number of nitrogens with one attached hydrogen (secondary N) is 1. The van der Waals surface area contributed by atoms with Gasteiger partial charge in [-0.15, -0.1) is 0 Å². The van der Waals surface area contributed by atoms with E-state index in [0.29, 0.717) is 19.1 Å². The molecule has 5 heteroatoms. The van der Waals surface area contributed by atoms with E-state index in [1.807, 2.05) is 4.90 Å². The molecule has 18 heavy (non-hydrogen) atoms. The van der Waals surface area contributed by atoms with Gasteiger partial charge in [-0.3, -0.25) is 9.69 Å². The van der Waals surface area contributed by atoms with Crippen LogP contribution < -0.4 is 5.32 Å². The first-order valence-corrected chi connectivity index (χ1v) is 7.00. The summed E-state index contributed by atoms with van der Waals surface area (Å²) in [6.07, 6.45) is 1.67. The maximum absolute atomic E-state index is 12.2. The summed E-state index contributed by atoms with van der Waals surface area (Å²) in [7, 11) is 2.15. The Morgan fingerprint density at radius 3 is 2.94 bits per heavy atom. The van der Waals surface area contributed by atoms with Crippen LogP contribution in [-0.2, 0) is 9.53 Å². The van der Waals surface area contributed by atoms with Gasteiger partial charge in [-0.05, 0) is 13.5 Å². The third-order valence-electron chi connectivity index (χ3n) is 4.02. The Morgan fingerprint density at radius 2 is 2.28 bits per heavy atom. The second kappa shape index (κ2) is 6.50. The van der Waals surface area contributed by atoms with Crippen molar-refractivity contribution < 1.29 is 9.53 Å². The first kappa shape index (κ1) is 13.8. The monoisotopic (exact) mass is 255 g/mol. The van der Waals surface area contributed by atoms with Crippen molar-refractivity contribution in [3.05, 3.63) is 0 Å². The van der Waals surface area contributed by atoms with Gasteiger partial charge in [0.05, 0.1) is 13.2 Å². The molecule has 2 heterocycles. The number of rotatable bonds is 3. The fourth-order valence-electron chi connectivity index (χ4n) is 2.70. The molecule has 0 radical (unpaired) electrons. The van der Waals surface area contributed by atoms with Crippen molar-refractivity contribution in [1.82, 2.24) is 15.1 Å². The Hall–Kier alpha value is -0.650. The van der Waals surface area contributed by atoms with Crippen LogP contribution in [0.15, 0.2) is 0 Å². The molecule has 0 aromatic rings. The largest absolute Gasteiger partial charge is 0.378 e. The van der Waals surface area contributed by atoms with Gasteiger partial charge in [0.25, 0.3) is 0 Å². The topological polar surface area (TPSA) is 44.8 Å². The normalized spacial score (nSPS) is 30.4. The first-order chi connectivity index (χ1) is 8.70. The van der Waals surface area contributed by atoms with Crippen LogP contribution in [0.2, 0.25) is 0 Å². The zero-order valence-corrected chi connectivity index (χ0v) is 11.5. The lowest BCUT2D eigenvalue weighted by Gasteiger charge is -2.39. The Morgan fingerprint density at radius 1 is 1.44 bits per heavy atom. The van der Waals surface area contributed by atoms with Gasteiger partial charge in [0.1, 0.15) is 0 Å². The van der Waals surface area contributed by atoms with E-state index in [0.717, 1.165) is 39.2 Å². The number of piperazine rings is 1. The average molecular weight is 255 g/mol. The molecule has 0 spiro atoms. The summed E-state index contributed by atoms with van der Waals surface area (Å²) in [5.74, 6) is 0.268. The molecule has 2 fully saturated rings. The Bertz CT molecular complexity index is 279. The summed E-state index contributed by atoms with van der Waals surface area (Å²) in [6.45, 7) is 7.19. The highest BCUT2D eigenvalue weighted by Gasteiger charge is 2.27. The second-order valence-electron chi connectivity index (χ2n) is 5.31. The van der Waals surface area contributed by atoms with Crippen LogP contribution in [0.25, 0.3) is 0 Å². The van der Waals surface area contributed by atoms with E-state index in [1.54, 1.807) is 0 Å². The molecule has 1 amide bonds. The minimum absolute atomic E-state index is 0.200. The van der Waals surface area contributed by atoms with Gasteiger partial charge in [0.15, 0.2) is 0 Å². The van der Waals surface area contributed by atoms with E-state index < -0.39 is 0 Å². The molecule has 2 saturated heterocycles. The number of likely N-dealkylation sites (N-methyl/N-ethyl adjacent to an activating group) is 1. The zero-order valence-electron chi connectivity index (χ0n) is 11.5. The molecule has 2 unspecified atom stereocenters. The number of hydrogen-bond acceptors (Lipinski definition) is 4. The van der Waals surface area contributed by atoms with Gasteiger partial charge in [-0.1, -0.05) is 6.92 Å². The van der Waals surface area contributed by atoms with Crippen molar-refractivity contribution in [2.75, 3.05) is 46.4 Å². The van der Waals surface area contributed by atoms with Crippen molar-refractivity contribution in [1.29, 1.82) is 0 Å². The molecule has 2 aliphatic heterocycles. The molecule has 0 aromatic carbocycles. The molecule has 5 nitrogen and oxygen atoms in total. The Balaban J connectivity index is 1.81. The smallest absolute Gasteiger partial charge is 0.224 e. The average Bonchev–Trinajstić information content (AvgIpc) is 2.40. The van der Waals surface area contributed by atoms with Gasteiger partial charge < -0.3 is 15.0 Å². The maximum atomic E-state index is 12.2. The van der Waals surface area contributed by atoms with Gasteiger partial charge in [-0.25, -0.2) is 0 Å². The van der Waals surface area contributed by atoms with Crippen LogP contribution in [0.4, 0.5) is 0 Å². The molecular formula is C13H25N3O2. The van der Waals surface area contributed by atoms with Crippen LogP contribution in [0.1, 0.15) is 19.8 Å². The zero-order chi connectivity index (χ0) is 13.0. The number of amides is 1. The SMILES string of the molecule is CCC1CN(C(=O)CC2COCCN2)CCN1C. The molecule has 0 aromatic heterocycles. The van der Waals surface area contributed by atoms with E-state index in [2.05, 4.69) is 24.2 Å². The second-order valence-corrected chi connectivity index (χ2v) is 5.31. The standard InChI is InChI=1S/C13H25N3O2/c1-3-12-9-16(6-5-15(12)2)13(17)8-11-10-18-7-4-14-11/h11-12,14H,3-10H2,1-2H3. The van der Waals surface area contributed by atoms with Crippen LogP contribution >= 0.6 is 0 Å². The number of morpholine rings is 1. The highest BCUT2D eigenvalue weighted by molar-refractivity contribution is 5.77. The van der Waals surface area contributed by atoms with E-state index in [-0.39, 0.29) is 11.9 Å². The molecule has 104 valence electrons. The van der Waals surface area contributed by atoms with Gasteiger partial charge in [0.2, 0.25) is 5.91 Å². The van der Waals surface area contributed by atoms with Crippen LogP contribution in [0.5, 0.6) is 0 Å². The van der Waals surface area contributed by atoms with Gasteiger partial charge in [-0.2, -0.15) is 0 Å². The number of carbonyl (C=O) groups is 1. The summed E-state index contributed by atoms with van der Waals surface area (Å²) >= 11 is 0. The van der Waals surface area contributed by atoms with Crippen LogP contribution in [0, 0.1) is 0 Å². The first-order valence-electron chi connectivity index (χ1n) is 7.00. The maximum Gasteiger partial charge on any atom is 0.224 e. The van der Waals surface area contributed by atoms with E-state index in [1.165, 1.54) is 0 Å². The summed E-state index contributed by atoms with van der Waals surface area (Å²) in [5, 5.41) is 3.34. The highest BCUT2D eigenvalue weighted by atomic mass is 16.5. The van der Waals surface area contributed by atoms with Gasteiger partial charge >= 0.3 is 0 Å². The summed E-state index contributed by atoms with van der Waals surface area (Å²) in [5.41, 5.74) is 0. The minimum Gasteiger partial charge on any atom is -0.378 e. The highest BCUT2D eigenvalue weighted by Crippen LogP contribution is 2.12. The lowest BCUT2D eigenvalue weighted by Crippen LogP contribution is -2.54. The number of carbonyl (C=O) groups excluding carboxylic acids is 1. The van der Waals surface area contributed by atoms with E-state index in [4.69, 9.17) is 4.74 Å². The van der Waals surface area contributed by atoms with Crippen LogP contribution in [0.3, 0.4) is 0 Å². The quantitative estimate of drug-likeness (QED) is 0.766. The molecule has 0 saturated carbocycles. The van der Waals surface area contributed by atoms with Crippen molar-refractivity contribution in [3.63, 3.8) is 0 Å². The van der Waals surface area contributed by atoms with E-state index in [9.17, 15) is 4.79 Å². The van der Waals surface area contributed by atoms with Crippen molar-refractivity contribution in [3.8, 4) is 0 Å². The lowest BCUT2D eigenvalue weighted by atomic mass is 10.1. The fourth-order valence-corrected chi connectivity index (χ4v) is 2.70. The van der Waals surface area contributed by atoms with E-state index >= 15 is 0 Å². The van der Waals surface area contributed by atoms with Crippen molar-refractivity contribution in [2.45, 2.75) is 31.8 Å². The molecular weight excluding hydrogens is 230 g/mol. The predicted octanol–water partition coefficient (Wildman–Crippen LogP) is -0.0825. The third-order valence-corrected chi connectivity index (χ3v) is 4.02. The molecule has 2 atom stereocenters. The van der Waals surface area contributed by atoms with Crippen molar-refractivity contribution in [2.24, 2.45) is 0 Å². The predicted molar refractivity (Wildman–Crippen MR) is 70.5 cm³/mol.